The summed E-state index contributed by atoms with van der Waals surface area (Å²) in [6, 6.07) is 9.95. The van der Waals surface area contributed by atoms with Crippen molar-refractivity contribution in [2.45, 2.75) is 44.6 Å². The summed E-state index contributed by atoms with van der Waals surface area (Å²) in [7, 11) is -1.78. The van der Waals surface area contributed by atoms with Gasteiger partial charge in [0.2, 0.25) is 0 Å². The summed E-state index contributed by atoms with van der Waals surface area (Å²) < 4.78 is 5.28. The first-order chi connectivity index (χ1) is 7.80. The van der Waals surface area contributed by atoms with Crippen molar-refractivity contribution >= 4 is 14.5 Å². The summed E-state index contributed by atoms with van der Waals surface area (Å²) in [4.78, 5) is 10.6. The molecule has 1 aromatic carbocycles. The summed E-state index contributed by atoms with van der Waals surface area (Å²) >= 11 is 0. The van der Waals surface area contributed by atoms with Crippen molar-refractivity contribution in [1.29, 1.82) is 0 Å². The zero-order valence-corrected chi connectivity index (χ0v) is 12.3. The third kappa shape index (κ3) is 2.97. The van der Waals surface area contributed by atoms with E-state index in [1.54, 1.807) is 6.47 Å². The first kappa shape index (κ1) is 14.0. The Balaban J connectivity index is 3.14. The van der Waals surface area contributed by atoms with Gasteiger partial charge in [0.05, 0.1) is 0 Å². The van der Waals surface area contributed by atoms with Crippen LogP contribution >= 0.6 is 0 Å². The second-order valence-electron chi connectivity index (χ2n) is 5.96. The Morgan fingerprint density at radius 3 is 2.12 bits per heavy atom. The van der Waals surface area contributed by atoms with Gasteiger partial charge in [-0.15, -0.1) is 0 Å². The van der Waals surface area contributed by atoms with Crippen molar-refractivity contribution in [3.63, 3.8) is 0 Å². The molecular weight excluding hydrogens is 228 g/mol. The van der Waals surface area contributed by atoms with Gasteiger partial charge in [0, 0.05) is 0 Å². The average molecular weight is 249 g/mol. The molecular formula is C14H21O2Si. The highest BCUT2D eigenvalue weighted by Crippen LogP contribution is 2.44. The lowest BCUT2D eigenvalue weighted by atomic mass is 10.2. The van der Waals surface area contributed by atoms with Gasteiger partial charge < -0.3 is 4.74 Å². The van der Waals surface area contributed by atoms with Crippen LogP contribution in [0.3, 0.4) is 0 Å². The van der Waals surface area contributed by atoms with E-state index in [0.717, 1.165) is 5.56 Å². The van der Waals surface area contributed by atoms with Crippen LogP contribution in [-0.2, 0) is 9.53 Å². The molecule has 93 valence electrons. The van der Waals surface area contributed by atoms with Crippen molar-refractivity contribution < 1.29 is 9.53 Å². The SMILES string of the molecule is CC(C)(C)[Si](C)(C)C(O[C]=O)c1ccccc1. The summed E-state index contributed by atoms with van der Waals surface area (Å²) in [5.41, 5.74) is 0.934. The van der Waals surface area contributed by atoms with E-state index in [0.29, 0.717) is 0 Å². The molecule has 17 heavy (non-hydrogen) atoms. The monoisotopic (exact) mass is 249 g/mol. The fourth-order valence-corrected chi connectivity index (χ4v) is 3.86. The van der Waals surface area contributed by atoms with Crippen LogP contribution in [0.25, 0.3) is 0 Å². The zero-order valence-electron chi connectivity index (χ0n) is 11.3. The minimum Gasteiger partial charge on any atom is -0.453 e. The van der Waals surface area contributed by atoms with E-state index in [-0.39, 0.29) is 10.8 Å². The van der Waals surface area contributed by atoms with Gasteiger partial charge in [0.25, 0.3) is 0 Å². The average Bonchev–Trinajstić information content (AvgIpc) is 2.25. The molecule has 0 spiro atoms. The topological polar surface area (TPSA) is 26.3 Å². The maximum absolute atomic E-state index is 10.6. The third-order valence-corrected chi connectivity index (χ3v) is 9.48. The van der Waals surface area contributed by atoms with Crippen LogP contribution in [0.2, 0.25) is 18.1 Å². The van der Waals surface area contributed by atoms with Crippen LogP contribution in [0.15, 0.2) is 30.3 Å². The molecule has 0 heterocycles. The normalized spacial score (nSPS) is 14.2. The molecule has 0 aliphatic rings. The standard InChI is InChI=1S/C14H21O2Si/c1-14(2,3)17(4,5)13(16-11-15)12-9-7-6-8-10-12/h6-10,13H,1-5H3. The summed E-state index contributed by atoms with van der Waals surface area (Å²) in [6.07, 6.45) is 0. The predicted molar refractivity (Wildman–Crippen MR) is 73.2 cm³/mol. The molecule has 0 fully saturated rings. The number of hydrogen-bond acceptors (Lipinski definition) is 2. The fourth-order valence-electron chi connectivity index (χ4n) is 1.70. The number of hydrogen-bond donors (Lipinski definition) is 0. The summed E-state index contributed by atoms with van der Waals surface area (Å²) in [5.74, 6) is 0. The van der Waals surface area contributed by atoms with Gasteiger partial charge >= 0.3 is 6.47 Å². The van der Waals surface area contributed by atoms with Gasteiger partial charge in [-0.3, -0.25) is 0 Å². The highest BCUT2D eigenvalue weighted by molar-refractivity contribution is 6.81. The van der Waals surface area contributed by atoms with E-state index in [1.807, 2.05) is 30.3 Å². The van der Waals surface area contributed by atoms with Crippen LogP contribution in [0.1, 0.15) is 32.1 Å². The van der Waals surface area contributed by atoms with E-state index in [9.17, 15) is 4.79 Å². The smallest absolute Gasteiger partial charge is 0.417 e. The zero-order chi connectivity index (χ0) is 13.1. The Bertz CT molecular complexity index is 366. The summed E-state index contributed by atoms with van der Waals surface area (Å²) in [6.45, 7) is 12.8. The molecule has 0 aliphatic carbocycles. The highest BCUT2D eigenvalue weighted by Gasteiger charge is 2.44. The Labute approximate surface area is 105 Å². The van der Waals surface area contributed by atoms with Crippen LogP contribution in [0, 0.1) is 0 Å². The second kappa shape index (κ2) is 5.04. The van der Waals surface area contributed by atoms with Crippen molar-refractivity contribution in [2.75, 3.05) is 0 Å². The van der Waals surface area contributed by atoms with Crippen LogP contribution in [-0.4, -0.2) is 14.5 Å². The summed E-state index contributed by atoms with van der Waals surface area (Å²) in [5, 5.41) is 0.157. The lowest BCUT2D eigenvalue weighted by molar-refractivity contribution is 0.235. The van der Waals surface area contributed by atoms with E-state index < -0.39 is 8.07 Å². The number of carbonyl (C=O) groups excluding carboxylic acids is 1. The lowest BCUT2D eigenvalue weighted by Gasteiger charge is -2.41. The quantitative estimate of drug-likeness (QED) is 0.757. The van der Waals surface area contributed by atoms with Gasteiger partial charge in [-0.2, -0.15) is 0 Å². The molecule has 1 unspecified atom stereocenters. The van der Waals surface area contributed by atoms with E-state index in [4.69, 9.17) is 4.74 Å². The number of ether oxygens (including phenoxy) is 1. The molecule has 0 N–H and O–H groups in total. The number of benzene rings is 1. The van der Waals surface area contributed by atoms with E-state index in [1.165, 1.54) is 0 Å². The van der Waals surface area contributed by atoms with Gasteiger partial charge in [-0.1, -0.05) is 64.2 Å². The first-order valence-corrected chi connectivity index (χ1v) is 8.96. The van der Waals surface area contributed by atoms with Crippen molar-refractivity contribution in [3.05, 3.63) is 35.9 Å². The first-order valence-electron chi connectivity index (χ1n) is 5.88. The maximum Gasteiger partial charge on any atom is 0.417 e. The molecule has 0 aliphatic heterocycles. The third-order valence-electron chi connectivity index (χ3n) is 3.86. The van der Waals surface area contributed by atoms with Gasteiger partial charge in [-0.25, -0.2) is 4.79 Å². The minimum atomic E-state index is -1.78. The van der Waals surface area contributed by atoms with Crippen LogP contribution in [0.5, 0.6) is 0 Å². The Kier molecular flexibility index (Phi) is 4.15. The lowest BCUT2D eigenvalue weighted by Crippen LogP contribution is -2.45. The Morgan fingerprint density at radius 2 is 1.71 bits per heavy atom. The molecule has 0 amide bonds. The maximum atomic E-state index is 10.6. The van der Waals surface area contributed by atoms with Gasteiger partial charge in [0.15, 0.2) is 0 Å². The molecule has 2 nitrogen and oxygen atoms in total. The highest BCUT2D eigenvalue weighted by atomic mass is 28.3. The van der Waals surface area contributed by atoms with Crippen molar-refractivity contribution in [3.8, 4) is 0 Å². The molecule has 1 atom stereocenters. The molecule has 0 aromatic heterocycles. The Hall–Kier alpha value is -1.09. The Morgan fingerprint density at radius 1 is 1.18 bits per heavy atom. The molecule has 1 rings (SSSR count). The number of rotatable bonds is 4. The van der Waals surface area contributed by atoms with Crippen LogP contribution < -0.4 is 0 Å². The van der Waals surface area contributed by atoms with E-state index in [2.05, 4.69) is 33.9 Å². The molecule has 0 saturated carbocycles. The van der Waals surface area contributed by atoms with Gasteiger partial charge in [-0.05, 0) is 10.6 Å². The second-order valence-corrected chi connectivity index (χ2v) is 11.4. The molecule has 1 radical (unpaired) electrons. The van der Waals surface area contributed by atoms with Crippen molar-refractivity contribution in [1.82, 2.24) is 0 Å². The fraction of sp³-hybridized carbons (Fsp3) is 0.500. The molecule has 3 heteroatoms. The van der Waals surface area contributed by atoms with Crippen LogP contribution in [0.4, 0.5) is 0 Å². The minimum absolute atomic E-state index is 0.138. The molecule has 0 bridgehead atoms. The largest absolute Gasteiger partial charge is 0.453 e. The predicted octanol–water partition coefficient (Wildman–Crippen LogP) is 3.86. The van der Waals surface area contributed by atoms with Gasteiger partial charge in [0.1, 0.15) is 13.8 Å². The molecule has 0 saturated heterocycles. The van der Waals surface area contributed by atoms with E-state index >= 15 is 0 Å². The van der Waals surface area contributed by atoms with Crippen molar-refractivity contribution in [2.24, 2.45) is 0 Å². The molecule has 1 aromatic rings.